The van der Waals surface area contributed by atoms with E-state index in [-0.39, 0.29) is 0 Å². The van der Waals surface area contributed by atoms with Crippen LogP contribution in [0.4, 0.5) is 70.2 Å². The zero-order valence-corrected chi connectivity index (χ0v) is 33.1. The van der Waals surface area contributed by atoms with Crippen LogP contribution < -0.4 is 0 Å². The number of rotatable bonds is 21. The fraction of sp³-hybridized carbons (Fsp3) is 1.00. The summed E-state index contributed by atoms with van der Waals surface area (Å²) in [4.78, 5) is 0. The van der Waals surface area contributed by atoms with Crippen molar-refractivity contribution in [1.82, 2.24) is 0 Å². The van der Waals surface area contributed by atoms with Gasteiger partial charge in [0.2, 0.25) is 0 Å². The van der Waals surface area contributed by atoms with Crippen LogP contribution in [0.15, 0.2) is 0 Å². The molecular weight excluding hydrogens is 821 g/mol. The van der Waals surface area contributed by atoms with E-state index in [1.807, 2.05) is 0 Å². The largest absolute Gasteiger partial charge is 0.669 e. The minimum absolute atomic E-state index is 0.853. The van der Waals surface area contributed by atoms with E-state index in [1.165, 1.54) is 0 Å². The Kier molecular flexibility index (Phi) is 16.9. The van der Waals surface area contributed by atoms with Crippen LogP contribution in [0, 0.1) is 0 Å². The predicted octanol–water partition coefficient (Wildman–Crippen LogP) is 9.93. The molecule has 28 heteroatoms. The summed E-state index contributed by atoms with van der Waals surface area (Å²) in [5.74, 6) is -12.2. The van der Waals surface area contributed by atoms with E-state index in [9.17, 15) is 70.2 Å². The molecule has 0 spiro atoms. The van der Waals surface area contributed by atoms with Crippen LogP contribution >= 0.6 is 0 Å². The van der Waals surface area contributed by atoms with Crippen molar-refractivity contribution >= 4 is 43.0 Å². The van der Waals surface area contributed by atoms with E-state index in [2.05, 4.69) is 0 Å². The maximum atomic E-state index is 14.1. The third kappa shape index (κ3) is 16.8. The molecule has 0 N–H and O–H groups in total. The molecule has 3 atom stereocenters. The first-order valence-electron chi connectivity index (χ1n) is 14.3. The number of alkyl halides is 16. The van der Waals surface area contributed by atoms with E-state index in [0.29, 0.717) is 0 Å². The molecule has 50 heavy (non-hydrogen) atoms. The maximum Gasteiger partial charge on any atom is 0.669 e. The first kappa shape index (κ1) is 49.7. The molecule has 0 rings (SSSR count). The third-order valence-corrected chi connectivity index (χ3v) is 26.9. The molecule has 0 amide bonds. The van der Waals surface area contributed by atoms with Gasteiger partial charge >= 0.3 is 71.3 Å². The Hall–Kier alpha value is -0.316. The molecule has 0 saturated heterocycles. The second kappa shape index (κ2) is 17.0. The Bertz CT molecular complexity index is 1050. The lowest BCUT2D eigenvalue weighted by Gasteiger charge is -2.45. The molecule has 0 aliphatic carbocycles. The highest BCUT2D eigenvalue weighted by Gasteiger charge is 2.72. The van der Waals surface area contributed by atoms with Crippen molar-refractivity contribution in [3.05, 3.63) is 0 Å². The molecule has 0 aromatic rings. The van der Waals surface area contributed by atoms with Crippen molar-refractivity contribution in [2.45, 2.75) is 119 Å². The quantitative estimate of drug-likeness (QED) is 0.0842. The molecule has 0 bridgehead atoms. The van der Waals surface area contributed by atoms with Gasteiger partial charge in [-0.2, -0.15) is 70.2 Å². The lowest BCUT2D eigenvalue weighted by atomic mass is 10.1. The predicted molar refractivity (Wildman–Crippen MR) is 155 cm³/mol. The number of hydrogen-bond acceptors (Lipinski definition) is 7. The first-order chi connectivity index (χ1) is 21.8. The summed E-state index contributed by atoms with van der Waals surface area (Å²) in [6, 6.07) is -4.62. The average Bonchev–Trinajstić information content (AvgIpc) is 2.90. The van der Waals surface area contributed by atoms with Gasteiger partial charge in [0.1, 0.15) is 0 Å². The highest BCUT2D eigenvalue weighted by atomic mass is 28.5. The topological polar surface area (TPSA) is 64.6 Å². The van der Waals surface area contributed by atoms with Crippen molar-refractivity contribution in [2.24, 2.45) is 0 Å². The van der Waals surface area contributed by atoms with Crippen LogP contribution in [0.2, 0.25) is 56.9 Å². The summed E-state index contributed by atoms with van der Waals surface area (Å²) in [5.41, 5.74) is 0. The van der Waals surface area contributed by atoms with E-state index < -0.39 is 129 Å². The average molecular weight is 861 g/mol. The van der Waals surface area contributed by atoms with Crippen LogP contribution in [0.25, 0.3) is 0 Å². The summed E-state index contributed by atoms with van der Waals surface area (Å²) in [7, 11) is -19.7. The summed E-state index contributed by atoms with van der Waals surface area (Å²) in [6.07, 6.45) is -28.8. The second-order valence-corrected chi connectivity index (χ2v) is 30.1. The standard InChI is InChI=1S/C22H40F16O7Si5/c1-39-50(40-2,41-3)45-49(8,16-12-20(31,32)33)44-48(7,15-11-19(28,29)30)43-47(6,14-10-18(25,26)27)42-46(4,5)13-9-17(23,24)21(34,35)22(36,37)38/h9-16H2,1-8H3. The third-order valence-electron chi connectivity index (χ3n) is 6.89. The highest BCUT2D eigenvalue weighted by molar-refractivity contribution is 6.90. The minimum Gasteiger partial charge on any atom is -0.436 e. The number of hydrogen-bond donors (Lipinski definition) is 0. The van der Waals surface area contributed by atoms with Gasteiger partial charge in [0.15, 0.2) is 8.32 Å². The van der Waals surface area contributed by atoms with Crippen molar-refractivity contribution in [3.8, 4) is 0 Å². The van der Waals surface area contributed by atoms with Gasteiger partial charge in [0.05, 0.1) is 0 Å². The lowest BCUT2D eigenvalue weighted by molar-refractivity contribution is -0.354. The smallest absolute Gasteiger partial charge is 0.436 e. The van der Waals surface area contributed by atoms with E-state index in [4.69, 9.17) is 29.7 Å². The van der Waals surface area contributed by atoms with Crippen LogP contribution in [0.3, 0.4) is 0 Å². The van der Waals surface area contributed by atoms with Gasteiger partial charge in [0, 0.05) is 47.0 Å². The van der Waals surface area contributed by atoms with Gasteiger partial charge in [-0.05, 0) is 56.9 Å². The lowest BCUT2D eigenvalue weighted by Crippen LogP contribution is -2.63. The molecule has 302 valence electrons. The Morgan fingerprint density at radius 2 is 0.700 bits per heavy atom. The fourth-order valence-corrected chi connectivity index (χ4v) is 27.7. The molecule has 0 fully saturated rings. The summed E-state index contributed by atoms with van der Waals surface area (Å²) < 4.78 is 252. The minimum atomic E-state index is -6.68. The Balaban J connectivity index is 7.02. The molecule has 0 aromatic carbocycles. The summed E-state index contributed by atoms with van der Waals surface area (Å²) in [6.45, 7) is 4.61. The molecule has 0 heterocycles. The zero-order chi connectivity index (χ0) is 40.1. The second-order valence-electron chi connectivity index (χ2n) is 12.3. The van der Waals surface area contributed by atoms with Gasteiger partial charge in [-0.3, -0.25) is 0 Å². The van der Waals surface area contributed by atoms with Gasteiger partial charge < -0.3 is 29.7 Å². The van der Waals surface area contributed by atoms with E-state index in [0.717, 1.165) is 54.1 Å². The zero-order valence-electron chi connectivity index (χ0n) is 28.1. The monoisotopic (exact) mass is 860 g/mol. The number of halogens is 16. The molecule has 7 nitrogen and oxygen atoms in total. The molecule has 0 radical (unpaired) electrons. The highest BCUT2D eigenvalue weighted by Crippen LogP contribution is 2.49. The van der Waals surface area contributed by atoms with E-state index >= 15 is 0 Å². The van der Waals surface area contributed by atoms with Crippen LogP contribution in [0.5, 0.6) is 0 Å². The van der Waals surface area contributed by atoms with Gasteiger partial charge in [-0.25, -0.2) is 0 Å². The van der Waals surface area contributed by atoms with Crippen LogP contribution in [-0.4, -0.2) is 101 Å². The van der Waals surface area contributed by atoms with Gasteiger partial charge in [-0.15, -0.1) is 0 Å². The Morgan fingerprint density at radius 1 is 0.400 bits per heavy atom. The first-order valence-corrected chi connectivity index (χ1v) is 26.6. The fourth-order valence-electron chi connectivity index (χ4n) is 4.49. The maximum absolute atomic E-state index is 14.1. The van der Waals surface area contributed by atoms with Gasteiger partial charge in [0.25, 0.3) is 0 Å². The molecular formula is C22H40F16O7Si5. The Labute approximate surface area is 283 Å². The molecule has 0 aliphatic rings. The molecule has 3 unspecified atom stereocenters. The van der Waals surface area contributed by atoms with Crippen LogP contribution in [-0.2, 0) is 29.7 Å². The summed E-state index contributed by atoms with van der Waals surface area (Å²) >= 11 is 0. The van der Waals surface area contributed by atoms with Crippen molar-refractivity contribution < 1.29 is 100.0 Å². The van der Waals surface area contributed by atoms with Crippen molar-refractivity contribution in [1.29, 1.82) is 0 Å². The van der Waals surface area contributed by atoms with Crippen molar-refractivity contribution in [3.63, 3.8) is 0 Å². The SMILES string of the molecule is CO[Si](OC)(OC)O[Si](C)(CCC(F)(F)F)O[Si](C)(CCC(F)(F)F)O[Si](C)(CCC(F)(F)F)O[Si](C)(C)CCC(F)(F)C(F)(F)C(F)(F)F. The van der Waals surface area contributed by atoms with Gasteiger partial charge in [-0.1, -0.05) is 0 Å². The van der Waals surface area contributed by atoms with Crippen molar-refractivity contribution in [2.75, 3.05) is 21.3 Å². The Morgan fingerprint density at radius 3 is 0.980 bits per heavy atom. The van der Waals surface area contributed by atoms with Crippen LogP contribution in [0.1, 0.15) is 25.7 Å². The summed E-state index contributed by atoms with van der Waals surface area (Å²) in [5, 5.41) is 0. The molecule has 0 aromatic heterocycles. The van der Waals surface area contributed by atoms with E-state index in [1.54, 1.807) is 0 Å². The molecule has 0 saturated carbocycles. The molecule has 0 aliphatic heterocycles. The normalized spacial score (nSPS) is 18.5.